The van der Waals surface area contributed by atoms with Crippen LogP contribution in [0.25, 0.3) is 6.08 Å². The fraction of sp³-hybridized carbons (Fsp3) is 0.200. The molecule has 2 aromatic carbocycles. The van der Waals surface area contributed by atoms with E-state index in [1.807, 2.05) is 17.5 Å². The number of anilines is 1. The molecule has 1 aromatic heterocycles. The van der Waals surface area contributed by atoms with Gasteiger partial charge >= 0.3 is 5.97 Å². The van der Waals surface area contributed by atoms with Crippen LogP contribution in [0.3, 0.4) is 0 Å². The quantitative estimate of drug-likeness (QED) is 0.374. The van der Waals surface area contributed by atoms with Crippen molar-refractivity contribution in [2.24, 2.45) is 0 Å². The molecule has 3 heterocycles. The van der Waals surface area contributed by atoms with E-state index in [4.69, 9.17) is 23.7 Å². The first-order valence-electron chi connectivity index (χ1n) is 10.6. The molecule has 174 valence electrons. The molecule has 0 saturated heterocycles. The number of hydrogen-bond donors (Lipinski definition) is 0. The average Bonchev–Trinajstić information content (AvgIpc) is 3.56. The maximum Gasteiger partial charge on any atom is 0.331 e. The van der Waals surface area contributed by atoms with Gasteiger partial charge in [0, 0.05) is 22.7 Å². The van der Waals surface area contributed by atoms with E-state index >= 15 is 0 Å². The summed E-state index contributed by atoms with van der Waals surface area (Å²) in [6.45, 7) is 1.06. The van der Waals surface area contributed by atoms with Crippen LogP contribution >= 0.6 is 11.3 Å². The number of amides is 1. The number of nitrogens with zero attached hydrogens (tertiary/aromatic N) is 1. The topological polar surface area (TPSA) is 83.5 Å². The molecule has 0 aliphatic carbocycles. The monoisotopic (exact) mass is 479 g/mol. The fourth-order valence-corrected chi connectivity index (χ4v) is 4.21. The van der Waals surface area contributed by atoms with Crippen LogP contribution in [-0.4, -0.2) is 38.5 Å². The Morgan fingerprint density at radius 1 is 0.941 bits per heavy atom. The van der Waals surface area contributed by atoms with Crippen molar-refractivity contribution < 1.29 is 33.3 Å². The highest BCUT2D eigenvalue weighted by Crippen LogP contribution is 2.35. The Balaban J connectivity index is 1.25. The Kier molecular flexibility index (Phi) is 6.35. The normalized spacial score (nSPS) is 13.6. The lowest BCUT2D eigenvalue weighted by Crippen LogP contribution is -2.34. The summed E-state index contributed by atoms with van der Waals surface area (Å²) in [5.74, 6) is 1.53. The minimum absolute atomic E-state index is 0.179. The highest BCUT2D eigenvalue weighted by Gasteiger charge is 2.21. The van der Waals surface area contributed by atoms with Crippen LogP contribution in [-0.2, 0) is 20.9 Å². The van der Waals surface area contributed by atoms with Crippen LogP contribution in [0.2, 0.25) is 0 Å². The maximum atomic E-state index is 13.1. The van der Waals surface area contributed by atoms with E-state index in [1.165, 1.54) is 6.08 Å². The summed E-state index contributed by atoms with van der Waals surface area (Å²) in [5.41, 5.74) is 1.39. The van der Waals surface area contributed by atoms with E-state index in [9.17, 15) is 9.59 Å². The second kappa shape index (κ2) is 9.88. The number of ether oxygens (including phenoxy) is 5. The van der Waals surface area contributed by atoms with Gasteiger partial charge in [0.2, 0.25) is 6.79 Å². The Bertz CT molecular complexity index is 1220. The molecule has 0 N–H and O–H groups in total. The maximum absolute atomic E-state index is 13.1. The van der Waals surface area contributed by atoms with Crippen LogP contribution in [0.1, 0.15) is 10.4 Å². The molecule has 2 aliphatic heterocycles. The van der Waals surface area contributed by atoms with E-state index < -0.39 is 12.6 Å². The lowest BCUT2D eigenvalue weighted by Gasteiger charge is -2.25. The summed E-state index contributed by atoms with van der Waals surface area (Å²) in [6.07, 6.45) is 2.87. The molecule has 3 aromatic rings. The second-order valence-electron chi connectivity index (χ2n) is 7.44. The first-order chi connectivity index (χ1) is 16.7. The number of fused-ring (bicyclic) bond motifs is 2. The van der Waals surface area contributed by atoms with E-state index in [2.05, 4.69) is 0 Å². The summed E-state index contributed by atoms with van der Waals surface area (Å²) in [6, 6.07) is 14.5. The zero-order chi connectivity index (χ0) is 23.3. The van der Waals surface area contributed by atoms with Gasteiger partial charge in [-0.3, -0.25) is 4.79 Å². The molecule has 0 fully saturated rings. The van der Waals surface area contributed by atoms with Gasteiger partial charge in [0.1, 0.15) is 13.2 Å². The van der Waals surface area contributed by atoms with Gasteiger partial charge in [-0.05, 0) is 47.4 Å². The van der Waals surface area contributed by atoms with Crippen LogP contribution in [0, 0.1) is 0 Å². The molecule has 9 heteroatoms. The minimum atomic E-state index is -0.621. The summed E-state index contributed by atoms with van der Waals surface area (Å²) in [7, 11) is 0. The van der Waals surface area contributed by atoms with Crippen LogP contribution < -0.4 is 23.8 Å². The van der Waals surface area contributed by atoms with Crippen molar-refractivity contribution in [3.63, 3.8) is 0 Å². The smallest absolute Gasteiger partial charge is 0.331 e. The molecule has 8 nitrogen and oxygen atoms in total. The second-order valence-corrected chi connectivity index (χ2v) is 8.47. The SMILES string of the molecule is O=C(/C=C/c1ccc2c(c1)OCO2)OCC(=O)N(Cc1cccs1)c1ccc2c(c1)OCCO2. The molecule has 2 aliphatic rings. The molecule has 1 amide bonds. The predicted molar refractivity (Wildman–Crippen MR) is 125 cm³/mol. The van der Waals surface area contributed by atoms with Crippen molar-refractivity contribution in [3.8, 4) is 23.0 Å². The van der Waals surface area contributed by atoms with Crippen molar-refractivity contribution in [2.45, 2.75) is 6.54 Å². The average molecular weight is 480 g/mol. The number of carbonyl (C=O) groups is 2. The lowest BCUT2D eigenvalue weighted by molar-refractivity contribution is -0.142. The van der Waals surface area contributed by atoms with Gasteiger partial charge in [0.15, 0.2) is 29.6 Å². The van der Waals surface area contributed by atoms with Crippen molar-refractivity contribution >= 4 is 35.0 Å². The molecule has 0 bridgehead atoms. The van der Waals surface area contributed by atoms with Crippen molar-refractivity contribution in [1.82, 2.24) is 0 Å². The summed E-state index contributed by atoms with van der Waals surface area (Å²) in [5, 5.41) is 1.95. The highest BCUT2D eigenvalue weighted by atomic mass is 32.1. The first-order valence-corrected chi connectivity index (χ1v) is 11.5. The van der Waals surface area contributed by atoms with Crippen LogP contribution in [0.15, 0.2) is 60.0 Å². The third-order valence-electron chi connectivity index (χ3n) is 5.18. The van der Waals surface area contributed by atoms with Crippen LogP contribution in [0.4, 0.5) is 5.69 Å². The van der Waals surface area contributed by atoms with Crippen LogP contribution in [0.5, 0.6) is 23.0 Å². The first kappa shape index (κ1) is 21.8. The molecule has 5 rings (SSSR count). The molecule has 0 radical (unpaired) electrons. The molecule has 0 atom stereocenters. The van der Waals surface area contributed by atoms with Gasteiger partial charge in [-0.2, -0.15) is 0 Å². The molecule has 0 saturated carbocycles. The third kappa shape index (κ3) is 4.99. The molecule has 0 unspecified atom stereocenters. The van der Waals surface area contributed by atoms with Crippen molar-refractivity contribution in [3.05, 3.63) is 70.4 Å². The van der Waals surface area contributed by atoms with Gasteiger partial charge in [-0.15, -0.1) is 11.3 Å². The number of carbonyl (C=O) groups excluding carboxylic acids is 2. The van der Waals surface area contributed by atoms with Gasteiger partial charge in [0.05, 0.1) is 6.54 Å². The minimum Gasteiger partial charge on any atom is -0.486 e. The number of hydrogen-bond acceptors (Lipinski definition) is 8. The van der Waals surface area contributed by atoms with E-state index in [0.717, 1.165) is 10.4 Å². The Morgan fingerprint density at radius 3 is 2.56 bits per heavy atom. The summed E-state index contributed by atoms with van der Waals surface area (Å²) >= 11 is 1.54. The Labute approximate surface area is 199 Å². The molecule has 34 heavy (non-hydrogen) atoms. The lowest BCUT2D eigenvalue weighted by atomic mass is 10.2. The highest BCUT2D eigenvalue weighted by molar-refractivity contribution is 7.09. The zero-order valence-electron chi connectivity index (χ0n) is 18.1. The van der Waals surface area contributed by atoms with Crippen molar-refractivity contribution in [1.29, 1.82) is 0 Å². The van der Waals surface area contributed by atoms with E-state index in [1.54, 1.807) is 58.7 Å². The van der Waals surface area contributed by atoms with Gasteiger partial charge in [-0.1, -0.05) is 12.1 Å². The molecular weight excluding hydrogens is 458 g/mol. The zero-order valence-corrected chi connectivity index (χ0v) is 18.9. The van der Waals surface area contributed by atoms with Gasteiger partial charge in [0.25, 0.3) is 5.91 Å². The predicted octanol–water partition coefficient (Wildman–Crippen LogP) is 4.04. The number of rotatable bonds is 7. The van der Waals surface area contributed by atoms with Gasteiger partial charge in [-0.25, -0.2) is 4.79 Å². The Morgan fingerprint density at radius 2 is 1.71 bits per heavy atom. The third-order valence-corrected chi connectivity index (χ3v) is 6.04. The summed E-state index contributed by atoms with van der Waals surface area (Å²) < 4.78 is 27.1. The summed E-state index contributed by atoms with van der Waals surface area (Å²) in [4.78, 5) is 27.9. The fourth-order valence-electron chi connectivity index (χ4n) is 3.52. The number of esters is 1. The molecule has 0 spiro atoms. The standard InChI is InChI=1S/C25H21NO7S/c27-24(15-31-25(28)8-4-17-3-6-21-22(12-17)33-16-32-21)26(14-19-2-1-11-34-19)18-5-7-20-23(13-18)30-10-9-29-20/h1-8,11-13H,9-10,14-16H2/b8-4+. The largest absolute Gasteiger partial charge is 0.486 e. The number of benzene rings is 2. The number of thiophene rings is 1. The van der Waals surface area contributed by atoms with Crippen molar-refractivity contribution in [2.75, 3.05) is 31.5 Å². The Hall–Kier alpha value is -3.98. The van der Waals surface area contributed by atoms with E-state index in [0.29, 0.717) is 48.4 Å². The van der Waals surface area contributed by atoms with E-state index in [-0.39, 0.29) is 12.7 Å². The van der Waals surface area contributed by atoms with Gasteiger partial charge < -0.3 is 28.6 Å². The molecular formula is C25H21NO7S.